The van der Waals surface area contributed by atoms with Crippen LogP contribution in [0.5, 0.6) is 0 Å². The van der Waals surface area contributed by atoms with Gasteiger partial charge in [-0.1, -0.05) is 0 Å². The molecule has 2 N–H and O–H groups in total. The normalized spacial score (nSPS) is 15.9. The van der Waals surface area contributed by atoms with Gasteiger partial charge in [0.05, 0.1) is 11.2 Å². The van der Waals surface area contributed by atoms with Gasteiger partial charge in [-0.25, -0.2) is 13.4 Å². The summed E-state index contributed by atoms with van der Waals surface area (Å²) in [6.07, 6.45) is 0.916. The van der Waals surface area contributed by atoms with Gasteiger partial charge in [-0.15, -0.1) is 11.3 Å². The summed E-state index contributed by atoms with van der Waals surface area (Å²) in [6.45, 7) is 0.936. The fourth-order valence-electron chi connectivity index (χ4n) is 2.65. The smallest absolute Gasteiger partial charge is 0.284 e. The summed E-state index contributed by atoms with van der Waals surface area (Å²) >= 11 is 1.48. The predicted octanol–water partition coefficient (Wildman–Crippen LogP) is 0.301. The molecule has 140 valence electrons. The monoisotopic (exact) mass is 398 g/mol. The van der Waals surface area contributed by atoms with Crippen molar-refractivity contribution in [3.8, 4) is 0 Å². The van der Waals surface area contributed by atoms with Crippen LogP contribution in [0.15, 0.2) is 32.5 Å². The molecule has 3 rings (SSSR count). The van der Waals surface area contributed by atoms with E-state index in [4.69, 9.17) is 10.2 Å². The van der Waals surface area contributed by atoms with Crippen molar-refractivity contribution < 1.29 is 22.4 Å². The number of aromatic nitrogens is 1. The molecule has 26 heavy (non-hydrogen) atoms. The molecule has 2 amide bonds. The van der Waals surface area contributed by atoms with E-state index in [1.807, 2.05) is 5.38 Å². The van der Waals surface area contributed by atoms with Crippen molar-refractivity contribution in [2.45, 2.75) is 17.9 Å². The first kappa shape index (κ1) is 18.5. The van der Waals surface area contributed by atoms with Crippen LogP contribution in [0.3, 0.4) is 0 Å². The van der Waals surface area contributed by atoms with Crippen molar-refractivity contribution in [1.29, 1.82) is 0 Å². The number of amides is 2. The Kier molecular flexibility index (Phi) is 5.39. The molecule has 0 unspecified atom stereocenters. The lowest BCUT2D eigenvalue weighted by molar-refractivity contribution is -0.132. The maximum atomic E-state index is 12.6. The highest BCUT2D eigenvalue weighted by molar-refractivity contribution is 7.89. The van der Waals surface area contributed by atoms with Crippen molar-refractivity contribution >= 4 is 33.2 Å². The lowest BCUT2D eigenvalue weighted by Crippen LogP contribution is -2.50. The minimum absolute atomic E-state index is 0.0240. The summed E-state index contributed by atoms with van der Waals surface area (Å²) in [5, 5.41) is 1.58. The van der Waals surface area contributed by atoms with Crippen LogP contribution in [0.2, 0.25) is 0 Å². The van der Waals surface area contributed by atoms with E-state index in [0.29, 0.717) is 25.9 Å². The fourth-order valence-corrected chi connectivity index (χ4v) is 4.58. The topological polar surface area (TPSA) is 127 Å². The first-order chi connectivity index (χ1) is 12.4. The zero-order chi connectivity index (χ0) is 18.7. The van der Waals surface area contributed by atoms with E-state index >= 15 is 0 Å². The van der Waals surface area contributed by atoms with Crippen LogP contribution in [0, 0.1) is 0 Å². The molecule has 0 aromatic carbocycles. The van der Waals surface area contributed by atoms with E-state index in [1.54, 1.807) is 10.4 Å². The van der Waals surface area contributed by atoms with Gasteiger partial charge in [0.1, 0.15) is 0 Å². The van der Waals surface area contributed by atoms with Gasteiger partial charge < -0.3 is 15.1 Å². The Bertz CT molecular complexity index is 883. The van der Waals surface area contributed by atoms with E-state index in [1.165, 1.54) is 27.8 Å². The molecule has 11 heteroatoms. The van der Waals surface area contributed by atoms with E-state index in [0.717, 1.165) is 5.69 Å². The molecular weight excluding hydrogens is 380 g/mol. The molecule has 0 radical (unpaired) electrons. The summed E-state index contributed by atoms with van der Waals surface area (Å²) in [4.78, 5) is 29.1. The summed E-state index contributed by atoms with van der Waals surface area (Å²) in [5.41, 5.74) is 7.68. The first-order valence-electron chi connectivity index (χ1n) is 7.92. The zero-order valence-electron chi connectivity index (χ0n) is 13.8. The average Bonchev–Trinajstić information content (AvgIpc) is 3.31. The average molecular weight is 398 g/mol. The summed E-state index contributed by atoms with van der Waals surface area (Å²) in [7, 11) is -3.86. The number of hydrogen-bond donors (Lipinski definition) is 1. The second-order valence-corrected chi connectivity index (χ2v) is 8.34. The molecule has 2 aromatic rings. The molecule has 0 saturated carbocycles. The number of primary amides is 1. The minimum Gasteiger partial charge on any atom is -0.438 e. The number of rotatable bonds is 6. The second-order valence-electron chi connectivity index (χ2n) is 5.75. The third-order valence-corrected chi connectivity index (χ3v) is 6.50. The lowest BCUT2D eigenvalue weighted by Gasteiger charge is -2.33. The van der Waals surface area contributed by atoms with Crippen molar-refractivity contribution in [2.75, 3.05) is 26.2 Å². The third-order valence-electron chi connectivity index (χ3n) is 4.09. The number of aryl methyl sites for hydroxylation is 1. The standard InChI is InChI=1S/C15H18N4O5S2/c16-15(21)12-2-4-14(24-12)26(22,23)19-7-5-18(6-8-19)13(20)3-1-11-9-25-10-17-11/h2,4,9-10H,1,3,5-8H2,(H2,16,21). The van der Waals surface area contributed by atoms with E-state index in [-0.39, 0.29) is 29.8 Å². The Morgan fingerprint density at radius 1 is 1.23 bits per heavy atom. The van der Waals surface area contributed by atoms with Crippen molar-refractivity contribution in [1.82, 2.24) is 14.2 Å². The number of nitrogens with two attached hydrogens (primary N) is 1. The highest BCUT2D eigenvalue weighted by atomic mass is 32.2. The maximum absolute atomic E-state index is 12.6. The van der Waals surface area contributed by atoms with E-state index < -0.39 is 15.9 Å². The lowest BCUT2D eigenvalue weighted by atomic mass is 10.2. The molecule has 1 aliphatic heterocycles. The van der Waals surface area contributed by atoms with Gasteiger partial charge in [0, 0.05) is 38.0 Å². The van der Waals surface area contributed by atoms with Gasteiger partial charge in [0.15, 0.2) is 5.76 Å². The van der Waals surface area contributed by atoms with Crippen LogP contribution < -0.4 is 5.73 Å². The number of nitrogens with zero attached hydrogens (tertiary/aromatic N) is 3. The first-order valence-corrected chi connectivity index (χ1v) is 10.3. The molecule has 3 heterocycles. The van der Waals surface area contributed by atoms with Crippen LogP contribution in [-0.2, 0) is 21.2 Å². The third kappa shape index (κ3) is 3.94. The molecule has 0 atom stereocenters. The second kappa shape index (κ2) is 7.56. The van der Waals surface area contributed by atoms with Crippen molar-refractivity contribution in [3.63, 3.8) is 0 Å². The summed E-state index contributed by atoms with van der Waals surface area (Å²) in [5.74, 6) is -1.06. The molecule has 0 spiro atoms. The molecule has 2 aromatic heterocycles. The van der Waals surface area contributed by atoms with Gasteiger partial charge in [-0.05, 0) is 18.6 Å². The number of carbonyl (C=O) groups is 2. The Morgan fingerprint density at radius 3 is 2.54 bits per heavy atom. The highest BCUT2D eigenvalue weighted by Crippen LogP contribution is 2.20. The number of carbonyl (C=O) groups excluding carboxylic acids is 2. The number of hydrogen-bond acceptors (Lipinski definition) is 7. The van der Waals surface area contributed by atoms with Gasteiger partial charge in [0.25, 0.3) is 15.9 Å². The summed E-state index contributed by atoms with van der Waals surface area (Å²) in [6, 6.07) is 2.44. The van der Waals surface area contributed by atoms with Crippen LogP contribution in [0.4, 0.5) is 0 Å². The van der Waals surface area contributed by atoms with Gasteiger partial charge in [0.2, 0.25) is 11.0 Å². The quantitative estimate of drug-likeness (QED) is 0.746. The number of furan rings is 1. The largest absolute Gasteiger partial charge is 0.438 e. The molecular formula is C15H18N4O5S2. The zero-order valence-corrected chi connectivity index (χ0v) is 15.5. The Hall–Kier alpha value is -2.24. The van der Waals surface area contributed by atoms with E-state index in [9.17, 15) is 18.0 Å². The van der Waals surface area contributed by atoms with Gasteiger partial charge in [-0.3, -0.25) is 9.59 Å². The van der Waals surface area contributed by atoms with Crippen LogP contribution in [0.25, 0.3) is 0 Å². The van der Waals surface area contributed by atoms with Crippen LogP contribution in [0.1, 0.15) is 22.7 Å². The molecule has 0 aliphatic carbocycles. The molecule has 1 saturated heterocycles. The highest BCUT2D eigenvalue weighted by Gasteiger charge is 2.32. The Morgan fingerprint density at radius 2 is 1.96 bits per heavy atom. The van der Waals surface area contributed by atoms with Crippen LogP contribution in [-0.4, -0.2) is 60.6 Å². The van der Waals surface area contributed by atoms with Crippen molar-refractivity contribution in [3.05, 3.63) is 34.5 Å². The Labute approximate surface area is 154 Å². The Balaban J connectivity index is 1.56. The predicted molar refractivity (Wildman–Crippen MR) is 93.0 cm³/mol. The van der Waals surface area contributed by atoms with Gasteiger partial charge >= 0.3 is 0 Å². The molecule has 1 fully saturated rings. The molecule has 9 nitrogen and oxygen atoms in total. The van der Waals surface area contributed by atoms with Crippen LogP contribution >= 0.6 is 11.3 Å². The van der Waals surface area contributed by atoms with Gasteiger partial charge in [-0.2, -0.15) is 4.31 Å². The maximum Gasteiger partial charge on any atom is 0.284 e. The van der Waals surface area contributed by atoms with E-state index in [2.05, 4.69) is 4.98 Å². The number of sulfonamides is 1. The molecule has 1 aliphatic rings. The number of thiazole rings is 1. The fraction of sp³-hybridized carbons (Fsp3) is 0.400. The SMILES string of the molecule is NC(=O)c1ccc(S(=O)(=O)N2CCN(C(=O)CCc3cscn3)CC2)o1. The molecule has 0 bridgehead atoms. The minimum atomic E-state index is -3.86. The number of piperazine rings is 1. The summed E-state index contributed by atoms with van der Waals surface area (Å²) < 4.78 is 31.4. The van der Waals surface area contributed by atoms with Crippen molar-refractivity contribution in [2.24, 2.45) is 5.73 Å².